The third-order valence-electron chi connectivity index (χ3n) is 9.04. The number of phosphoric acid groups is 1. The molecule has 0 saturated carbocycles. The van der Waals surface area contributed by atoms with E-state index in [2.05, 4.69) is 103 Å². The third kappa shape index (κ3) is 43.1. The van der Waals surface area contributed by atoms with E-state index in [4.69, 9.17) is 19.1 Å². The van der Waals surface area contributed by atoms with Crippen LogP contribution in [0.2, 0.25) is 0 Å². The van der Waals surface area contributed by atoms with Crippen LogP contribution in [-0.4, -0.2) is 65.7 Å². The van der Waals surface area contributed by atoms with Crippen LogP contribution in [0.3, 0.4) is 0 Å². The molecule has 0 fully saturated rings. The number of aliphatic hydroxyl groups excluding tert-OH is 2. The first-order valence-electron chi connectivity index (χ1n) is 22.5. The molecule has 0 aromatic carbocycles. The summed E-state index contributed by atoms with van der Waals surface area (Å²) in [6.45, 7) is 2.10. The number of ether oxygens (including phenoxy) is 2. The Labute approximate surface area is 358 Å². The summed E-state index contributed by atoms with van der Waals surface area (Å²) in [5.41, 5.74) is 0. The van der Waals surface area contributed by atoms with Gasteiger partial charge in [-0.3, -0.25) is 18.6 Å². The lowest BCUT2D eigenvalue weighted by Crippen LogP contribution is -2.29. The summed E-state index contributed by atoms with van der Waals surface area (Å²) in [5.74, 6) is -0.971. The summed E-state index contributed by atoms with van der Waals surface area (Å²) in [6.07, 6.45) is 51.3. The van der Waals surface area contributed by atoms with E-state index in [1.165, 1.54) is 38.5 Å². The van der Waals surface area contributed by atoms with Crippen molar-refractivity contribution >= 4 is 19.8 Å². The zero-order chi connectivity index (χ0) is 43.3. The summed E-state index contributed by atoms with van der Waals surface area (Å²) in [6, 6.07) is 0. The molecule has 338 valence electrons. The summed E-state index contributed by atoms with van der Waals surface area (Å²) >= 11 is 0. The van der Waals surface area contributed by atoms with Gasteiger partial charge < -0.3 is 24.6 Å². The maximum absolute atomic E-state index is 12.6. The van der Waals surface area contributed by atoms with Crippen LogP contribution in [0.15, 0.2) is 85.1 Å². The zero-order valence-corrected chi connectivity index (χ0v) is 37.6. The maximum Gasteiger partial charge on any atom is 0.472 e. The Bertz CT molecular complexity index is 1250. The first-order chi connectivity index (χ1) is 28.7. The molecule has 11 heteroatoms. The van der Waals surface area contributed by atoms with Crippen LogP contribution in [-0.2, 0) is 32.7 Å². The summed E-state index contributed by atoms with van der Waals surface area (Å²) in [4.78, 5) is 35.0. The van der Waals surface area contributed by atoms with Crippen LogP contribution in [0.1, 0.15) is 168 Å². The van der Waals surface area contributed by atoms with Gasteiger partial charge in [0.2, 0.25) is 0 Å². The normalized spacial score (nSPS) is 14.6. The predicted molar refractivity (Wildman–Crippen MR) is 242 cm³/mol. The van der Waals surface area contributed by atoms with E-state index < -0.39 is 51.8 Å². The molecule has 0 aromatic rings. The summed E-state index contributed by atoms with van der Waals surface area (Å²) in [7, 11) is -4.63. The van der Waals surface area contributed by atoms with Gasteiger partial charge in [0.25, 0.3) is 0 Å². The van der Waals surface area contributed by atoms with Crippen molar-refractivity contribution < 1.29 is 47.8 Å². The lowest BCUT2D eigenvalue weighted by molar-refractivity contribution is -0.161. The average molecular weight is 849 g/mol. The third-order valence-corrected chi connectivity index (χ3v) is 10.00. The lowest BCUT2D eigenvalue weighted by Gasteiger charge is -2.20. The number of hydrogen-bond acceptors (Lipinski definition) is 9. The molecule has 10 nitrogen and oxygen atoms in total. The Hall–Kier alpha value is -2.85. The van der Waals surface area contributed by atoms with Crippen molar-refractivity contribution in [2.45, 2.75) is 180 Å². The van der Waals surface area contributed by atoms with Gasteiger partial charge in [0.1, 0.15) is 12.7 Å². The van der Waals surface area contributed by atoms with E-state index >= 15 is 0 Å². The van der Waals surface area contributed by atoms with E-state index in [1.54, 1.807) is 0 Å². The Balaban J connectivity index is 4.26. The van der Waals surface area contributed by atoms with Crippen LogP contribution in [0.4, 0.5) is 0 Å². The maximum atomic E-state index is 12.6. The van der Waals surface area contributed by atoms with E-state index in [-0.39, 0.29) is 19.4 Å². The zero-order valence-electron chi connectivity index (χ0n) is 36.7. The Morgan fingerprint density at radius 3 is 1.34 bits per heavy atom. The van der Waals surface area contributed by atoms with Gasteiger partial charge in [-0.1, -0.05) is 157 Å². The summed E-state index contributed by atoms with van der Waals surface area (Å²) < 4.78 is 32.7. The SMILES string of the molecule is CC/C=C\C/C=C\C/C=C\C/C=C\CCCCCCCCCCCCC(=O)OC(COC(=O)CCCCC/C=C\C/C=C\C/C=C\CC)COP(=O)(O)OCC(O)CO. The molecular weight excluding hydrogens is 767 g/mol. The minimum absolute atomic E-state index is 0.167. The largest absolute Gasteiger partial charge is 0.472 e. The molecule has 0 aliphatic carbocycles. The first-order valence-corrected chi connectivity index (χ1v) is 24.0. The number of unbranched alkanes of at least 4 members (excludes halogenated alkanes) is 13. The molecule has 0 aliphatic rings. The number of carbonyl (C=O) groups excluding carboxylic acids is 2. The molecule has 0 radical (unpaired) electrons. The van der Waals surface area contributed by atoms with Gasteiger partial charge in [-0.25, -0.2) is 4.57 Å². The minimum atomic E-state index is -4.63. The van der Waals surface area contributed by atoms with Gasteiger partial charge in [0, 0.05) is 12.8 Å². The Morgan fingerprint density at radius 2 is 0.881 bits per heavy atom. The van der Waals surface area contributed by atoms with Crippen LogP contribution in [0.5, 0.6) is 0 Å². The van der Waals surface area contributed by atoms with Gasteiger partial charge in [0.15, 0.2) is 6.10 Å². The highest BCUT2D eigenvalue weighted by Crippen LogP contribution is 2.43. The molecule has 0 saturated heterocycles. The van der Waals surface area contributed by atoms with Gasteiger partial charge in [-0.2, -0.15) is 0 Å². The molecule has 0 spiro atoms. The quantitative estimate of drug-likeness (QED) is 0.0235. The van der Waals surface area contributed by atoms with Crippen molar-refractivity contribution in [1.82, 2.24) is 0 Å². The highest BCUT2D eigenvalue weighted by Gasteiger charge is 2.27. The molecule has 0 amide bonds. The second-order valence-electron chi connectivity index (χ2n) is 14.7. The van der Waals surface area contributed by atoms with Crippen molar-refractivity contribution in [3.8, 4) is 0 Å². The van der Waals surface area contributed by atoms with E-state index in [0.717, 1.165) is 89.9 Å². The van der Waals surface area contributed by atoms with Crippen LogP contribution < -0.4 is 0 Å². The van der Waals surface area contributed by atoms with Gasteiger partial charge in [-0.05, 0) is 83.5 Å². The highest BCUT2D eigenvalue weighted by atomic mass is 31.2. The smallest absolute Gasteiger partial charge is 0.462 e. The molecule has 0 bridgehead atoms. The molecule has 3 atom stereocenters. The van der Waals surface area contributed by atoms with Crippen LogP contribution in [0.25, 0.3) is 0 Å². The predicted octanol–water partition coefficient (Wildman–Crippen LogP) is 12.2. The van der Waals surface area contributed by atoms with Crippen molar-refractivity contribution in [2.24, 2.45) is 0 Å². The number of aliphatic hydroxyl groups is 2. The molecule has 59 heavy (non-hydrogen) atoms. The average Bonchev–Trinajstić information content (AvgIpc) is 3.22. The fraction of sp³-hybridized carbons (Fsp3) is 0.667. The highest BCUT2D eigenvalue weighted by molar-refractivity contribution is 7.47. The van der Waals surface area contributed by atoms with Gasteiger partial charge >= 0.3 is 19.8 Å². The van der Waals surface area contributed by atoms with E-state index in [0.29, 0.717) is 12.8 Å². The second-order valence-corrected chi connectivity index (χ2v) is 16.1. The van der Waals surface area contributed by atoms with Crippen LogP contribution in [0, 0.1) is 0 Å². The topological polar surface area (TPSA) is 149 Å². The molecule has 0 aliphatic heterocycles. The number of phosphoric ester groups is 1. The number of carbonyl (C=O) groups is 2. The van der Waals surface area contributed by atoms with Gasteiger partial charge in [-0.15, -0.1) is 0 Å². The molecule has 0 aromatic heterocycles. The van der Waals surface area contributed by atoms with E-state index in [9.17, 15) is 24.2 Å². The monoisotopic (exact) mass is 849 g/mol. The minimum Gasteiger partial charge on any atom is -0.462 e. The number of esters is 2. The Morgan fingerprint density at radius 1 is 0.508 bits per heavy atom. The Kier molecular flexibility index (Phi) is 41.2. The van der Waals surface area contributed by atoms with Crippen LogP contribution >= 0.6 is 7.82 Å². The number of hydrogen-bond donors (Lipinski definition) is 3. The van der Waals surface area contributed by atoms with E-state index in [1.807, 2.05) is 0 Å². The van der Waals surface area contributed by atoms with Crippen molar-refractivity contribution in [2.75, 3.05) is 26.4 Å². The molecule has 0 rings (SSSR count). The fourth-order valence-electron chi connectivity index (χ4n) is 5.64. The second kappa shape index (κ2) is 43.2. The molecule has 0 heterocycles. The molecule has 3 unspecified atom stereocenters. The van der Waals surface area contributed by atoms with Crippen molar-refractivity contribution in [3.63, 3.8) is 0 Å². The van der Waals surface area contributed by atoms with Crippen molar-refractivity contribution in [3.05, 3.63) is 85.1 Å². The number of rotatable bonds is 41. The standard InChI is InChI=1S/C48H81O10P/c1-3-5-7-9-11-13-15-17-18-19-20-21-22-23-24-25-26-28-30-32-34-36-38-40-48(52)58-46(44-57-59(53,54)56-42-45(50)41-49)43-55-47(51)39-37-35-33-31-29-27-16-14-12-10-8-6-4-2/h5-8,11-14,17-18,20-21,27,29,45-46,49-50H,3-4,9-10,15-16,19,22-26,28,30-44H2,1-2H3,(H,53,54)/b7-5-,8-6-,13-11-,14-12-,18-17-,21-20-,29-27-. The fourth-order valence-corrected chi connectivity index (χ4v) is 6.43. The summed E-state index contributed by atoms with van der Waals surface area (Å²) in [5, 5.41) is 18.3. The lowest BCUT2D eigenvalue weighted by atomic mass is 10.0. The molecular formula is C48H81O10P. The van der Waals surface area contributed by atoms with Crippen molar-refractivity contribution in [1.29, 1.82) is 0 Å². The molecule has 3 N–H and O–H groups in total. The van der Waals surface area contributed by atoms with Gasteiger partial charge in [0.05, 0.1) is 19.8 Å². The number of allylic oxidation sites excluding steroid dienone is 14. The first kappa shape index (κ1) is 56.1.